The summed E-state index contributed by atoms with van der Waals surface area (Å²) in [5.74, 6) is 7.70. The molecule has 0 spiro atoms. The van der Waals surface area contributed by atoms with Gasteiger partial charge in [-0.3, -0.25) is 0 Å². The third kappa shape index (κ3) is 15.5. The van der Waals surface area contributed by atoms with Crippen molar-refractivity contribution in [1.29, 1.82) is 0 Å². The SMILES string of the molecule is Cc1cc2c(O)c(c1)Cc1cc(C(C)(C)C)cc(c1O)CSCCCSCc1cc(C(C)(C)C)cc(c1O)Cc1cc(C)cc(c1O)Cc1cc(C(C)(C)C)cc(c1O)CSCCCSCc1cc(C(C)(C)C)cc(c1O)C2. The molecule has 0 radical (unpaired) electrons. The molecule has 78 heavy (non-hydrogen) atoms. The molecular weight excluding hydrogens is 1040 g/mol. The highest BCUT2D eigenvalue weighted by atomic mass is 32.2. The third-order valence-corrected chi connectivity index (χ3v) is 19.4. The first-order valence-corrected chi connectivity index (χ1v) is 32.4. The van der Waals surface area contributed by atoms with Crippen molar-refractivity contribution >= 4 is 47.0 Å². The van der Waals surface area contributed by atoms with Crippen LogP contribution in [0.3, 0.4) is 0 Å². The molecule has 12 bridgehead atoms. The number of phenols is 6. The Morgan fingerprint density at radius 1 is 0.269 bits per heavy atom. The number of aryl methyl sites for hydroxylation is 2. The van der Waals surface area contributed by atoms with Crippen LogP contribution in [0.1, 0.15) is 196 Å². The van der Waals surface area contributed by atoms with E-state index in [4.69, 9.17) is 0 Å². The zero-order valence-corrected chi connectivity index (χ0v) is 52.4. The predicted molar refractivity (Wildman–Crippen MR) is 338 cm³/mol. The molecule has 0 aromatic heterocycles. The highest BCUT2D eigenvalue weighted by molar-refractivity contribution is 7.99. The Hall–Kier alpha value is -4.48. The van der Waals surface area contributed by atoms with E-state index in [-0.39, 0.29) is 56.2 Å². The third-order valence-electron chi connectivity index (χ3n) is 15.1. The summed E-state index contributed by atoms with van der Waals surface area (Å²) in [5.41, 5.74) is 15.6. The molecule has 0 unspecified atom stereocenters. The fourth-order valence-electron chi connectivity index (χ4n) is 10.2. The van der Waals surface area contributed by atoms with Crippen LogP contribution >= 0.6 is 47.0 Å². The van der Waals surface area contributed by atoms with Gasteiger partial charge in [0.2, 0.25) is 0 Å². The van der Waals surface area contributed by atoms with Gasteiger partial charge in [-0.05, 0) is 138 Å². The second-order valence-corrected chi connectivity index (χ2v) is 30.5. The molecule has 1 aliphatic heterocycles. The first-order chi connectivity index (χ1) is 36.5. The summed E-state index contributed by atoms with van der Waals surface area (Å²) in [4.78, 5) is 0. The predicted octanol–water partition coefficient (Wildman–Crippen LogP) is 17.5. The molecule has 0 atom stereocenters. The van der Waals surface area contributed by atoms with Crippen molar-refractivity contribution in [2.45, 2.75) is 180 Å². The van der Waals surface area contributed by atoms with E-state index >= 15 is 0 Å². The smallest absolute Gasteiger partial charge is 0.123 e. The van der Waals surface area contributed by atoms with E-state index in [0.29, 0.717) is 48.7 Å². The summed E-state index contributed by atoms with van der Waals surface area (Å²) in [6.45, 7) is 30.4. The highest BCUT2D eigenvalue weighted by Crippen LogP contribution is 2.43. The molecular formula is C68H88O6S4. The molecule has 1 aliphatic rings. The van der Waals surface area contributed by atoms with E-state index in [1.807, 2.05) is 85.2 Å². The number of rotatable bonds is 0. The first-order valence-electron chi connectivity index (χ1n) is 27.8. The lowest BCUT2D eigenvalue weighted by Crippen LogP contribution is -2.13. The maximum Gasteiger partial charge on any atom is 0.123 e. The highest BCUT2D eigenvalue weighted by Gasteiger charge is 2.26. The number of aromatic hydroxyl groups is 6. The number of hydrogen-bond donors (Lipinski definition) is 6. The Balaban J connectivity index is 1.22. The number of phenolic OH excluding ortho intramolecular Hbond substituents is 6. The molecule has 0 saturated carbocycles. The van der Waals surface area contributed by atoms with Crippen LogP contribution in [-0.4, -0.2) is 53.7 Å². The van der Waals surface area contributed by atoms with Gasteiger partial charge in [0.15, 0.2) is 0 Å². The van der Waals surface area contributed by atoms with Gasteiger partial charge in [-0.15, -0.1) is 0 Å². The minimum atomic E-state index is -0.163. The van der Waals surface area contributed by atoms with Crippen LogP contribution in [0.4, 0.5) is 0 Å². The van der Waals surface area contributed by atoms with Crippen LogP contribution in [0, 0.1) is 13.8 Å². The van der Waals surface area contributed by atoms with Crippen LogP contribution < -0.4 is 0 Å². The Morgan fingerprint density at radius 3 is 0.628 bits per heavy atom. The van der Waals surface area contributed by atoms with Crippen molar-refractivity contribution in [3.63, 3.8) is 0 Å². The van der Waals surface area contributed by atoms with E-state index in [1.165, 1.54) is 0 Å². The lowest BCUT2D eigenvalue weighted by molar-refractivity contribution is 0.452. The average molecular weight is 1130 g/mol. The summed E-state index contributed by atoms with van der Waals surface area (Å²) >= 11 is 7.24. The summed E-state index contributed by atoms with van der Waals surface area (Å²) < 4.78 is 0. The van der Waals surface area contributed by atoms with Crippen LogP contribution in [0.25, 0.3) is 0 Å². The average Bonchev–Trinajstić information content (AvgIpc) is 3.37. The van der Waals surface area contributed by atoms with Gasteiger partial charge in [-0.25, -0.2) is 0 Å². The zero-order valence-electron chi connectivity index (χ0n) is 49.1. The molecule has 6 N–H and O–H groups in total. The van der Waals surface area contributed by atoms with Crippen molar-refractivity contribution in [1.82, 2.24) is 0 Å². The quantitative estimate of drug-likeness (QED) is 0.0877. The van der Waals surface area contributed by atoms with Crippen molar-refractivity contribution < 1.29 is 30.6 Å². The fraction of sp³-hybridized carbons (Fsp3) is 0.471. The second-order valence-electron chi connectivity index (χ2n) is 26.1. The Labute approximate surface area is 485 Å². The molecule has 0 aliphatic carbocycles. The second kappa shape index (κ2) is 25.1. The largest absolute Gasteiger partial charge is 0.507 e. The first kappa shape index (κ1) is 61.1. The lowest BCUT2D eigenvalue weighted by atomic mass is 9.83. The van der Waals surface area contributed by atoms with E-state index in [2.05, 4.69) is 132 Å². The van der Waals surface area contributed by atoms with E-state index in [1.54, 1.807) is 0 Å². The summed E-state index contributed by atoms with van der Waals surface area (Å²) in [5, 5.41) is 72.0. The molecule has 1 heterocycles. The van der Waals surface area contributed by atoms with Crippen molar-refractivity contribution in [2.75, 3.05) is 23.0 Å². The van der Waals surface area contributed by atoms with Crippen LogP contribution in [-0.2, 0) is 70.4 Å². The summed E-state index contributed by atoms with van der Waals surface area (Å²) in [6.07, 6.45) is 3.37. The number of hydrogen-bond acceptors (Lipinski definition) is 10. The van der Waals surface area contributed by atoms with Gasteiger partial charge in [0.25, 0.3) is 0 Å². The Morgan fingerprint density at radius 2 is 0.436 bits per heavy atom. The summed E-state index contributed by atoms with van der Waals surface area (Å²) in [7, 11) is 0. The van der Waals surface area contributed by atoms with E-state index in [0.717, 1.165) is 136 Å². The van der Waals surface area contributed by atoms with Crippen LogP contribution in [0.2, 0.25) is 0 Å². The molecule has 420 valence electrons. The standard InChI is InChI=1S/C68H88O6S4/c1-41-21-43-25-47-29-55(65(3,4)5)33-51(61(47)71)37-75-17-15-19-77-39-53-35-57(67(9,10)11)31-49(63(53)73)27-45-23-42(2)24-46(60(45)70)28-50-32-58(68(12,13)14)36-54(64(50)74)40-78-20-16-18-76-38-52-34-56(66(6,7)8)30-48(62(52)72)26-44(22-41)59(43)69/h21-24,29-36,69-74H,15-20,25-28,37-40H2,1-14H3. The van der Waals surface area contributed by atoms with Gasteiger partial charge < -0.3 is 30.6 Å². The normalized spacial score (nSPS) is 15.5. The fourth-order valence-corrected chi connectivity index (χ4v) is 14.3. The van der Waals surface area contributed by atoms with Gasteiger partial charge in [-0.1, -0.05) is 167 Å². The molecule has 0 amide bonds. The topological polar surface area (TPSA) is 121 Å². The molecule has 6 aromatic rings. The van der Waals surface area contributed by atoms with Gasteiger partial charge in [0.1, 0.15) is 34.5 Å². The van der Waals surface area contributed by atoms with E-state index in [9.17, 15) is 30.6 Å². The number of fused-ring (bicyclic) bond motifs is 12. The molecule has 6 nitrogen and oxygen atoms in total. The van der Waals surface area contributed by atoms with Gasteiger partial charge >= 0.3 is 0 Å². The van der Waals surface area contributed by atoms with Crippen LogP contribution in [0.15, 0.2) is 72.8 Å². The Kier molecular flexibility index (Phi) is 19.7. The van der Waals surface area contributed by atoms with E-state index < -0.39 is 0 Å². The van der Waals surface area contributed by atoms with Crippen molar-refractivity contribution in [3.05, 3.63) is 173 Å². The molecule has 7 rings (SSSR count). The van der Waals surface area contributed by atoms with Crippen molar-refractivity contribution in [2.24, 2.45) is 0 Å². The lowest BCUT2D eigenvalue weighted by Gasteiger charge is -2.24. The number of thioether (sulfide) groups is 4. The summed E-state index contributed by atoms with van der Waals surface area (Å²) in [6, 6.07) is 25.0. The zero-order chi connectivity index (χ0) is 57.1. The maximum atomic E-state index is 12.1. The molecule has 10 heteroatoms. The molecule has 0 saturated heterocycles. The minimum Gasteiger partial charge on any atom is -0.507 e. The molecule has 0 fully saturated rings. The number of benzene rings is 6. The van der Waals surface area contributed by atoms with Gasteiger partial charge in [0.05, 0.1) is 0 Å². The molecule has 6 aromatic carbocycles. The van der Waals surface area contributed by atoms with Gasteiger partial charge in [0, 0.05) is 70.9 Å². The van der Waals surface area contributed by atoms with Crippen molar-refractivity contribution in [3.8, 4) is 34.5 Å². The monoisotopic (exact) mass is 1130 g/mol. The maximum absolute atomic E-state index is 12.1. The minimum absolute atomic E-state index is 0.163. The Bertz CT molecular complexity index is 2700. The van der Waals surface area contributed by atoms with Crippen LogP contribution in [0.5, 0.6) is 34.5 Å². The van der Waals surface area contributed by atoms with Gasteiger partial charge in [-0.2, -0.15) is 47.0 Å².